The summed E-state index contributed by atoms with van der Waals surface area (Å²) in [5.41, 5.74) is 1.90. The van der Waals surface area contributed by atoms with Crippen molar-refractivity contribution >= 4 is 17.9 Å². The number of hydrogen-bond donors (Lipinski definition) is 0. The molecule has 0 spiro atoms. The lowest BCUT2D eigenvalue weighted by Crippen LogP contribution is -2.33. The van der Waals surface area contributed by atoms with Gasteiger partial charge in [-0.15, -0.1) is 0 Å². The number of aromatic nitrogens is 1. The van der Waals surface area contributed by atoms with Gasteiger partial charge in [0.2, 0.25) is 5.89 Å². The zero-order valence-electron chi connectivity index (χ0n) is 12.6. The molecule has 1 aromatic carbocycles. The molecule has 1 aliphatic heterocycles. The van der Waals surface area contributed by atoms with Crippen molar-refractivity contribution in [3.63, 3.8) is 0 Å². The van der Waals surface area contributed by atoms with Crippen LogP contribution in [0.25, 0.3) is 11.5 Å². The maximum atomic E-state index is 10.8. The first-order valence-electron chi connectivity index (χ1n) is 7.55. The van der Waals surface area contributed by atoms with E-state index in [1.807, 2.05) is 31.2 Å². The van der Waals surface area contributed by atoms with E-state index in [9.17, 15) is 4.79 Å². The molecule has 0 bridgehead atoms. The largest absolute Gasteiger partial charge is 0.441 e. The molecule has 0 atom stereocenters. The zero-order valence-corrected chi connectivity index (χ0v) is 13.3. The van der Waals surface area contributed by atoms with Crippen molar-refractivity contribution in [2.75, 3.05) is 13.1 Å². The van der Waals surface area contributed by atoms with Gasteiger partial charge in [-0.05, 0) is 57.1 Å². The highest BCUT2D eigenvalue weighted by atomic mass is 35.5. The fourth-order valence-electron chi connectivity index (χ4n) is 2.75. The summed E-state index contributed by atoms with van der Waals surface area (Å²) >= 11 is 5.91. The van der Waals surface area contributed by atoms with Crippen LogP contribution in [0, 0.1) is 12.8 Å². The standard InChI is InChI=1S/C17H19ClN2O2/c1-12-16(10-20-8-6-13(11-21)7-9-20)19-17(22-12)14-2-4-15(18)5-3-14/h2-5,11,13H,6-10H2,1H3. The SMILES string of the molecule is Cc1oc(-c2ccc(Cl)cc2)nc1CN1CCC(C=O)CC1. The van der Waals surface area contributed by atoms with E-state index >= 15 is 0 Å². The number of aryl methyl sites for hydroxylation is 1. The summed E-state index contributed by atoms with van der Waals surface area (Å²) in [6, 6.07) is 7.49. The van der Waals surface area contributed by atoms with Crippen molar-refractivity contribution in [2.24, 2.45) is 5.92 Å². The molecular formula is C17H19ClN2O2. The van der Waals surface area contributed by atoms with E-state index < -0.39 is 0 Å². The molecule has 22 heavy (non-hydrogen) atoms. The van der Waals surface area contributed by atoms with E-state index in [0.29, 0.717) is 10.9 Å². The third kappa shape index (κ3) is 3.39. The maximum absolute atomic E-state index is 10.8. The van der Waals surface area contributed by atoms with Crippen molar-refractivity contribution in [1.29, 1.82) is 0 Å². The quantitative estimate of drug-likeness (QED) is 0.806. The Kier molecular flexibility index (Phi) is 4.60. The van der Waals surface area contributed by atoms with Gasteiger partial charge in [-0.1, -0.05) is 11.6 Å². The Hall–Kier alpha value is -1.65. The summed E-state index contributed by atoms with van der Waals surface area (Å²) in [5, 5.41) is 0.699. The van der Waals surface area contributed by atoms with Gasteiger partial charge in [-0.25, -0.2) is 4.98 Å². The molecule has 0 amide bonds. The molecule has 5 heteroatoms. The normalized spacial score (nSPS) is 16.8. The first-order valence-corrected chi connectivity index (χ1v) is 7.93. The monoisotopic (exact) mass is 318 g/mol. The van der Waals surface area contributed by atoms with E-state index in [4.69, 9.17) is 16.0 Å². The molecule has 0 radical (unpaired) electrons. The highest BCUT2D eigenvalue weighted by Gasteiger charge is 2.21. The smallest absolute Gasteiger partial charge is 0.226 e. The minimum absolute atomic E-state index is 0.222. The van der Waals surface area contributed by atoms with E-state index in [-0.39, 0.29) is 5.92 Å². The molecule has 1 fully saturated rings. The lowest BCUT2D eigenvalue weighted by Gasteiger charge is -2.28. The minimum atomic E-state index is 0.222. The van der Waals surface area contributed by atoms with Gasteiger partial charge in [0.05, 0.1) is 5.69 Å². The molecule has 0 unspecified atom stereocenters. The van der Waals surface area contributed by atoms with Crippen molar-refractivity contribution in [2.45, 2.75) is 26.3 Å². The van der Waals surface area contributed by atoms with Crippen LogP contribution in [0.3, 0.4) is 0 Å². The fourth-order valence-corrected chi connectivity index (χ4v) is 2.88. The van der Waals surface area contributed by atoms with E-state index in [2.05, 4.69) is 9.88 Å². The molecular weight excluding hydrogens is 300 g/mol. The van der Waals surface area contributed by atoms with Crippen LogP contribution in [0.1, 0.15) is 24.3 Å². The van der Waals surface area contributed by atoms with Gasteiger partial charge >= 0.3 is 0 Å². The lowest BCUT2D eigenvalue weighted by atomic mass is 9.98. The molecule has 0 saturated carbocycles. The van der Waals surface area contributed by atoms with Gasteiger partial charge in [-0.3, -0.25) is 4.90 Å². The second-order valence-electron chi connectivity index (χ2n) is 5.78. The average molecular weight is 319 g/mol. The number of rotatable bonds is 4. The van der Waals surface area contributed by atoms with Gasteiger partial charge in [0.15, 0.2) is 0 Å². The number of carbonyl (C=O) groups is 1. The number of likely N-dealkylation sites (tertiary alicyclic amines) is 1. The van der Waals surface area contributed by atoms with Gasteiger partial charge in [0.25, 0.3) is 0 Å². The highest BCUT2D eigenvalue weighted by molar-refractivity contribution is 6.30. The average Bonchev–Trinajstić information content (AvgIpc) is 2.90. The molecule has 2 heterocycles. The van der Waals surface area contributed by atoms with Crippen LogP contribution in [-0.4, -0.2) is 29.3 Å². The van der Waals surface area contributed by atoms with E-state index in [1.54, 1.807) is 0 Å². The molecule has 4 nitrogen and oxygen atoms in total. The number of halogens is 1. The molecule has 3 rings (SSSR count). The Bertz CT molecular complexity index is 643. The summed E-state index contributed by atoms with van der Waals surface area (Å²) in [7, 11) is 0. The Morgan fingerprint density at radius 3 is 2.64 bits per heavy atom. The predicted molar refractivity (Wildman–Crippen MR) is 85.8 cm³/mol. The van der Waals surface area contributed by atoms with Gasteiger partial charge in [-0.2, -0.15) is 0 Å². The second kappa shape index (κ2) is 6.63. The van der Waals surface area contributed by atoms with Crippen molar-refractivity contribution in [3.8, 4) is 11.5 Å². The highest BCUT2D eigenvalue weighted by Crippen LogP contribution is 2.25. The fraction of sp³-hybridized carbons (Fsp3) is 0.412. The first kappa shape index (κ1) is 15.3. The molecule has 0 aliphatic carbocycles. The maximum Gasteiger partial charge on any atom is 0.226 e. The summed E-state index contributed by atoms with van der Waals surface area (Å²) < 4.78 is 5.79. The molecule has 116 valence electrons. The van der Waals surface area contributed by atoms with Crippen LogP contribution in [0.5, 0.6) is 0 Å². The van der Waals surface area contributed by atoms with Gasteiger partial charge < -0.3 is 9.21 Å². The lowest BCUT2D eigenvalue weighted by molar-refractivity contribution is -0.112. The molecule has 0 N–H and O–H groups in total. The minimum Gasteiger partial charge on any atom is -0.441 e. The van der Waals surface area contributed by atoms with Crippen LogP contribution < -0.4 is 0 Å². The summed E-state index contributed by atoms with van der Waals surface area (Å²) in [6.45, 7) is 4.59. The summed E-state index contributed by atoms with van der Waals surface area (Å²) in [4.78, 5) is 17.8. The third-order valence-electron chi connectivity index (χ3n) is 4.18. The number of nitrogens with zero attached hydrogens (tertiary/aromatic N) is 2. The van der Waals surface area contributed by atoms with Crippen molar-refractivity contribution in [1.82, 2.24) is 9.88 Å². The number of hydrogen-bond acceptors (Lipinski definition) is 4. The molecule has 1 aliphatic rings. The number of oxazole rings is 1. The topological polar surface area (TPSA) is 46.3 Å². The summed E-state index contributed by atoms with van der Waals surface area (Å²) in [6.07, 6.45) is 2.95. The van der Waals surface area contributed by atoms with Crippen molar-refractivity contribution < 1.29 is 9.21 Å². The number of benzene rings is 1. The van der Waals surface area contributed by atoms with Crippen LogP contribution in [0.2, 0.25) is 5.02 Å². The third-order valence-corrected chi connectivity index (χ3v) is 4.43. The van der Waals surface area contributed by atoms with E-state index in [1.165, 1.54) is 0 Å². The Balaban J connectivity index is 1.70. The Labute approximate surface area is 135 Å². The van der Waals surface area contributed by atoms with E-state index in [0.717, 1.165) is 55.8 Å². The molecule has 2 aromatic rings. The second-order valence-corrected chi connectivity index (χ2v) is 6.21. The Morgan fingerprint density at radius 1 is 1.32 bits per heavy atom. The zero-order chi connectivity index (χ0) is 15.5. The number of aldehydes is 1. The van der Waals surface area contributed by atoms with Crippen LogP contribution in [0.15, 0.2) is 28.7 Å². The molecule has 1 aromatic heterocycles. The van der Waals surface area contributed by atoms with Crippen molar-refractivity contribution in [3.05, 3.63) is 40.7 Å². The van der Waals surface area contributed by atoms with Crippen LogP contribution >= 0.6 is 11.6 Å². The van der Waals surface area contributed by atoms with Gasteiger partial charge in [0, 0.05) is 23.0 Å². The summed E-state index contributed by atoms with van der Waals surface area (Å²) in [5.74, 6) is 1.70. The molecule has 1 saturated heterocycles. The van der Waals surface area contributed by atoms with Gasteiger partial charge in [0.1, 0.15) is 12.0 Å². The van der Waals surface area contributed by atoms with Crippen LogP contribution in [0.4, 0.5) is 0 Å². The predicted octanol–water partition coefficient (Wildman–Crippen LogP) is 3.71. The Morgan fingerprint density at radius 2 is 2.00 bits per heavy atom. The van der Waals surface area contributed by atoms with Crippen LogP contribution in [-0.2, 0) is 11.3 Å². The number of carbonyl (C=O) groups excluding carboxylic acids is 1. The number of piperidine rings is 1. The first-order chi connectivity index (χ1) is 10.7.